The molecule has 0 fully saturated rings. The van der Waals surface area contributed by atoms with Gasteiger partial charge < -0.3 is 4.57 Å². The van der Waals surface area contributed by atoms with Crippen LogP contribution in [-0.4, -0.2) is 29.4 Å². The molecule has 0 aromatic carbocycles. The van der Waals surface area contributed by atoms with E-state index in [0.717, 1.165) is 4.57 Å². The van der Waals surface area contributed by atoms with Crippen LogP contribution in [0.4, 0.5) is 13.2 Å². The van der Waals surface area contributed by atoms with Gasteiger partial charge in [-0.05, 0) is 5.92 Å². The quantitative estimate of drug-likeness (QED) is 0.798. The monoisotopic (exact) mass is 305 g/mol. The molecule has 10 heteroatoms. The zero-order chi connectivity index (χ0) is 14.1. The maximum atomic E-state index is 12.3. The fraction of sp³-hybridized carbons (Fsp3) is 0.750. The molecule has 0 saturated carbocycles. The maximum Gasteiger partial charge on any atom is 0.396 e. The zero-order valence-corrected chi connectivity index (χ0v) is 11.1. The molecular weight excluding hydrogens is 295 g/mol. The van der Waals surface area contributed by atoms with Gasteiger partial charge in [-0.1, -0.05) is 13.8 Å². The van der Waals surface area contributed by atoms with Crippen LogP contribution in [0.3, 0.4) is 0 Å². The van der Waals surface area contributed by atoms with E-state index in [1.54, 1.807) is 13.8 Å². The molecule has 104 valence electrons. The topological polar surface area (TPSA) is 64.8 Å². The summed E-state index contributed by atoms with van der Waals surface area (Å²) in [6.07, 6.45) is -5.84. The number of halogens is 4. The summed E-state index contributed by atoms with van der Waals surface area (Å²) in [4.78, 5) is 0. The van der Waals surface area contributed by atoms with Crippen LogP contribution >= 0.6 is 10.7 Å². The Kier molecular flexibility index (Phi) is 4.26. The lowest BCUT2D eigenvalue weighted by molar-refractivity contribution is -0.129. The van der Waals surface area contributed by atoms with Crippen LogP contribution in [0.1, 0.15) is 19.7 Å². The van der Waals surface area contributed by atoms with Gasteiger partial charge in [0.2, 0.25) is 0 Å². The molecule has 1 aromatic heterocycles. The summed E-state index contributed by atoms with van der Waals surface area (Å²) in [7, 11) is 0.880. The van der Waals surface area contributed by atoms with Crippen molar-refractivity contribution in [1.82, 2.24) is 14.8 Å². The molecule has 1 aromatic rings. The third-order valence-electron chi connectivity index (χ3n) is 1.92. The lowest BCUT2D eigenvalue weighted by Gasteiger charge is -2.12. The Morgan fingerprint density at radius 2 is 1.89 bits per heavy atom. The van der Waals surface area contributed by atoms with Crippen LogP contribution in [0.15, 0.2) is 5.16 Å². The van der Waals surface area contributed by atoms with Crippen molar-refractivity contribution < 1.29 is 21.6 Å². The fourth-order valence-corrected chi connectivity index (χ4v) is 2.28. The SMILES string of the molecule is CC(C)Cn1c(CC(F)(F)F)nnc1S(=O)(=O)Cl. The molecule has 0 saturated heterocycles. The molecule has 1 rings (SSSR count). The van der Waals surface area contributed by atoms with Crippen molar-refractivity contribution in [3.8, 4) is 0 Å². The molecule has 0 N–H and O–H groups in total. The van der Waals surface area contributed by atoms with Gasteiger partial charge in [-0.15, -0.1) is 10.2 Å². The van der Waals surface area contributed by atoms with E-state index in [1.165, 1.54) is 0 Å². The van der Waals surface area contributed by atoms with Crippen molar-refractivity contribution in [3.63, 3.8) is 0 Å². The van der Waals surface area contributed by atoms with Gasteiger partial charge in [-0.2, -0.15) is 13.2 Å². The molecule has 5 nitrogen and oxygen atoms in total. The van der Waals surface area contributed by atoms with E-state index in [9.17, 15) is 21.6 Å². The fourth-order valence-electron chi connectivity index (χ4n) is 1.36. The Bertz CT molecular complexity index is 524. The highest BCUT2D eigenvalue weighted by molar-refractivity contribution is 8.13. The highest BCUT2D eigenvalue weighted by Gasteiger charge is 2.33. The summed E-state index contributed by atoms with van der Waals surface area (Å²) < 4.78 is 60.1. The normalized spacial score (nSPS) is 13.3. The van der Waals surface area contributed by atoms with Gasteiger partial charge in [0.05, 0.1) is 0 Å². The third kappa shape index (κ3) is 4.13. The Labute approximate surface area is 106 Å². The van der Waals surface area contributed by atoms with Crippen LogP contribution in [0.2, 0.25) is 0 Å². The first kappa shape index (κ1) is 15.2. The summed E-state index contributed by atoms with van der Waals surface area (Å²) in [5, 5.41) is 5.81. The molecule has 0 aliphatic carbocycles. The molecule has 18 heavy (non-hydrogen) atoms. The van der Waals surface area contributed by atoms with E-state index in [0.29, 0.717) is 0 Å². The van der Waals surface area contributed by atoms with Gasteiger partial charge in [-0.3, -0.25) is 0 Å². The minimum absolute atomic E-state index is 0.0414. The Balaban J connectivity index is 3.24. The Morgan fingerprint density at radius 1 is 1.33 bits per heavy atom. The van der Waals surface area contributed by atoms with E-state index in [4.69, 9.17) is 10.7 Å². The predicted octanol–water partition coefficient (Wildman–Crippen LogP) is 1.97. The summed E-state index contributed by atoms with van der Waals surface area (Å²) in [6, 6.07) is 0. The summed E-state index contributed by atoms with van der Waals surface area (Å²) in [5.41, 5.74) is 0. The summed E-state index contributed by atoms with van der Waals surface area (Å²) in [6.45, 7) is 3.49. The number of aromatic nitrogens is 3. The number of rotatable bonds is 4. The Morgan fingerprint density at radius 3 is 2.28 bits per heavy atom. The summed E-state index contributed by atoms with van der Waals surface area (Å²) in [5.74, 6) is -0.541. The Hall–Kier alpha value is -0.830. The van der Waals surface area contributed by atoms with Crippen molar-refractivity contribution in [1.29, 1.82) is 0 Å². The van der Waals surface area contributed by atoms with E-state index in [2.05, 4.69) is 10.2 Å². The van der Waals surface area contributed by atoms with Crippen LogP contribution in [0, 0.1) is 5.92 Å². The molecule has 1 heterocycles. The first-order valence-corrected chi connectivity index (χ1v) is 7.25. The third-order valence-corrected chi connectivity index (χ3v) is 3.07. The second kappa shape index (κ2) is 5.04. The predicted molar refractivity (Wildman–Crippen MR) is 57.7 cm³/mol. The first-order valence-electron chi connectivity index (χ1n) is 4.94. The molecule has 0 aliphatic heterocycles. The lowest BCUT2D eigenvalue weighted by atomic mass is 10.2. The van der Waals surface area contributed by atoms with E-state index in [1.807, 2.05) is 0 Å². The molecule has 0 spiro atoms. The van der Waals surface area contributed by atoms with Gasteiger partial charge >= 0.3 is 6.18 Å². The summed E-state index contributed by atoms with van der Waals surface area (Å²) >= 11 is 0. The minimum atomic E-state index is -4.49. The average Bonchev–Trinajstić information content (AvgIpc) is 2.43. The molecule has 0 unspecified atom stereocenters. The smallest absolute Gasteiger partial charge is 0.300 e. The van der Waals surface area contributed by atoms with Crippen molar-refractivity contribution in [2.75, 3.05) is 0 Å². The minimum Gasteiger partial charge on any atom is -0.300 e. The van der Waals surface area contributed by atoms with Crippen LogP contribution in [-0.2, 0) is 22.0 Å². The molecule has 0 bridgehead atoms. The number of hydrogen-bond donors (Lipinski definition) is 0. The van der Waals surface area contributed by atoms with Crippen LogP contribution in [0.25, 0.3) is 0 Å². The lowest BCUT2D eigenvalue weighted by Crippen LogP contribution is -2.19. The molecule has 0 aliphatic rings. The highest BCUT2D eigenvalue weighted by atomic mass is 35.7. The van der Waals surface area contributed by atoms with Crippen molar-refractivity contribution >= 4 is 19.7 Å². The second-order valence-electron chi connectivity index (χ2n) is 4.13. The van der Waals surface area contributed by atoms with Crippen molar-refractivity contribution in [2.24, 2.45) is 5.92 Å². The van der Waals surface area contributed by atoms with Crippen molar-refractivity contribution in [2.45, 2.75) is 38.1 Å². The first-order chi connectivity index (χ1) is 8.00. The number of alkyl halides is 3. The van der Waals surface area contributed by atoms with Gasteiger partial charge in [0.15, 0.2) is 0 Å². The van der Waals surface area contributed by atoms with Gasteiger partial charge in [0.25, 0.3) is 14.2 Å². The largest absolute Gasteiger partial charge is 0.396 e. The second-order valence-corrected chi connectivity index (χ2v) is 6.59. The molecule has 0 radical (unpaired) electrons. The van der Waals surface area contributed by atoms with E-state index >= 15 is 0 Å². The van der Waals surface area contributed by atoms with E-state index in [-0.39, 0.29) is 12.5 Å². The van der Waals surface area contributed by atoms with Crippen LogP contribution in [0.5, 0.6) is 0 Å². The number of hydrogen-bond acceptors (Lipinski definition) is 4. The van der Waals surface area contributed by atoms with Gasteiger partial charge in [0, 0.05) is 17.2 Å². The number of nitrogens with zero attached hydrogens (tertiary/aromatic N) is 3. The standard InChI is InChI=1S/C8H11ClF3N3O2S/c1-5(2)4-15-6(3-8(10,11)12)13-14-7(15)18(9,16)17/h5H,3-4H2,1-2H3. The molecule has 0 atom stereocenters. The molecule has 0 amide bonds. The van der Waals surface area contributed by atoms with Crippen molar-refractivity contribution in [3.05, 3.63) is 5.82 Å². The van der Waals surface area contributed by atoms with Gasteiger partial charge in [0.1, 0.15) is 12.2 Å². The molecular formula is C8H11ClF3N3O2S. The zero-order valence-electron chi connectivity index (χ0n) is 9.57. The van der Waals surface area contributed by atoms with Gasteiger partial charge in [-0.25, -0.2) is 8.42 Å². The maximum absolute atomic E-state index is 12.3. The average molecular weight is 306 g/mol. The highest BCUT2D eigenvalue weighted by Crippen LogP contribution is 2.23. The van der Waals surface area contributed by atoms with Crippen LogP contribution < -0.4 is 0 Å². The van der Waals surface area contributed by atoms with E-state index < -0.39 is 32.6 Å².